The lowest BCUT2D eigenvalue weighted by atomic mass is 10.1. The van der Waals surface area contributed by atoms with Gasteiger partial charge in [-0.2, -0.15) is 0 Å². The molecule has 6 heteroatoms. The van der Waals surface area contributed by atoms with E-state index in [2.05, 4.69) is 5.32 Å². The summed E-state index contributed by atoms with van der Waals surface area (Å²) in [5.41, 5.74) is 0. The van der Waals surface area contributed by atoms with Crippen LogP contribution in [0, 0.1) is 5.92 Å². The summed E-state index contributed by atoms with van der Waals surface area (Å²) < 4.78 is 21.7. The molecule has 1 aliphatic carbocycles. The van der Waals surface area contributed by atoms with E-state index in [1.54, 1.807) is 0 Å². The predicted octanol–water partition coefficient (Wildman–Crippen LogP) is -0.302. The van der Waals surface area contributed by atoms with Crippen LogP contribution in [0.4, 0.5) is 0 Å². The molecular formula is C10H19NO4S. The quantitative estimate of drug-likeness (QED) is 0.700. The van der Waals surface area contributed by atoms with Crippen LogP contribution in [-0.4, -0.2) is 44.1 Å². The van der Waals surface area contributed by atoms with Crippen molar-refractivity contribution in [1.29, 1.82) is 0 Å². The van der Waals surface area contributed by atoms with Crippen molar-refractivity contribution < 1.29 is 18.3 Å². The van der Waals surface area contributed by atoms with Crippen LogP contribution in [-0.2, 0) is 14.6 Å². The molecule has 0 saturated heterocycles. The fourth-order valence-electron chi connectivity index (χ4n) is 1.87. The van der Waals surface area contributed by atoms with Gasteiger partial charge in [0.05, 0.1) is 11.9 Å². The van der Waals surface area contributed by atoms with Crippen molar-refractivity contribution in [3.05, 3.63) is 0 Å². The Hall–Kier alpha value is -0.620. The molecule has 0 aromatic heterocycles. The Morgan fingerprint density at radius 3 is 2.62 bits per heavy atom. The summed E-state index contributed by atoms with van der Waals surface area (Å²) in [5.74, 6) is -0.252. The predicted molar refractivity (Wildman–Crippen MR) is 60.7 cm³/mol. The van der Waals surface area contributed by atoms with Crippen LogP contribution in [0.2, 0.25) is 0 Å². The van der Waals surface area contributed by atoms with Crippen molar-refractivity contribution in [2.24, 2.45) is 5.92 Å². The third-order valence-electron chi connectivity index (χ3n) is 2.88. The van der Waals surface area contributed by atoms with E-state index in [4.69, 9.17) is 0 Å². The maximum atomic E-state index is 11.3. The number of aliphatic hydroxyl groups excluding tert-OH is 1. The van der Waals surface area contributed by atoms with E-state index in [1.807, 2.05) is 0 Å². The summed E-state index contributed by atoms with van der Waals surface area (Å²) >= 11 is 0. The summed E-state index contributed by atoms with van der Waals surface area (Å²) in [7, 11) is -3.08. The number of aliphatic hydroxyl groups is 1. The highest BCUT2D eigenvalue weighted by atomic mass is 32.2. The van der Waals surface area contributed by atoms with E-state index < -0.39 is 9.84 Å². The minimum Gasteiger partial charge on any atom is -0.393 e. The van der Waals surface area contributed by atoms with Gasteiger partial charge < -0.3 is 10.4 Å². The zero-order valence-corrected chi connectivity index (χ0v) is 10.3. The molecule has 1 fully saturated rings. The highest BCUT2D eigenvalue weighted by molar-refractivity contribution is 7.90. The second kappa shape index (κ2) is 5.63. The van der Waals surface area contributed by atoms with E-state index in [9.17, 15) is 18.3 Å². The van der Waals surface area contributed by atoms with Gasteiger partial charge in [0.15, 0.2) is 0 Å². The van der Waals surface area contributed by atoms with E-state index >= 15 is 0 Å². The Labute approximate surface area is 96.1 Å². The molecule has 0 aromatic rings. The number of amides is 1. The third kappa shape index (κ3) is 4.94. The van der Waals surface area contributed by atoms with Gasteiger partial charge in [-0.3, -0.25) is 4.79 Å². The van der Waals surface area contributed by atoms with Crippen LogP contribution in [0.25, 0.3) is 0 Å². The molecule has 0 heterocycles. The maximum Gasteiger partial charge on any atom is 0.221 e. The first-order valence-electron chi connectivity index (χ1n) is 5.51. The van der Waals surface area contributed by atoms with Gasteiger partial charge in [0, 0.05) is 25.1 Å². The molecule has 1 aliphatic rings. The second-order valence-electron chi connectivity index (χ2n) is 4.44. The zero-order valence-electron chi connectivity index (χ0n) is 9.48. The Balaban J connectivity index is 2.20. The van der Waals surface area contributed by atoms with Crippen LogP contribution in [0.15, 0.2) is 0 Å². The molecule has 16 heavy (non-hydrogen) atoms. The molecule has 0 spiro atoms. The van der Waals surface area contributed by atoms with Gasteiger partial charge in [0.2, 0.25) is 5.91 Å². The Morgan fingerprint density at radius 2 is 2.12 bits per heavy atom. The molecule has 1 rings (SSSR count). The fraction of sp³-hybridized carbons (Fsp3) is 0.900. The van der Waals surface area contributed by atoms with Crippen LogP contribution >= 0.6 is 0 Å². The maximum absolute atomic E-state index is 11.3. The van der Waals surface area contributed by atoms with E-state index in [-0.39, 0.29) is 30.1 Å². The summed E-state index contributed by atoms with van der Waals surface area (Å²) in [5, 5.41) is 12.2. The smallest absolute Gasteiger partial charge is 0.221 e. The van der Waals surface area contributed by atoms with Gasteiger partial charge in [0.25, 0.3) is 0 Å². The van der Waals surface area contributed by atoms with Crippen LogP contribution in [0.3, 0.4) is 0 Å². The van der Waals surface area contributed by atoms with Gasteiger partial charge in [-0.25, -0.2) is 8.42 Å². The molecule has 0 radical (unpaired) electrons. The summed E-state index contributed by atoms with van der Waals surface area (Å²) in [6, 6.07) is 0. The molecule has 1 amide bonds. The molecule has 1 saturated carbocycles. The Morgan fingerprint density at radius 1 is 1.44 bits per heavy atom. The SMILES string of the molecule is CS(=O)(=O)CCC(=O)NCC1CCCC1O. The van der Waals surface area contributed by atoms with Gasteiger partial charge in [-0.1, -0.05) is 6.42 Å². The molecular weight excluding hydrogens is 230 g/mol. The first-order chi connectivity index (χ1) is 7.38. The zero-order chi connectivity index (χ0) is 12.2. The number of rotatable bonds is 5. The minimum atomic E-state index is -3.08. The molecule has 5 nitrogen and oxygen atoms in total. The number of carbonyl (C=O) groups is 1. The third-order valence-corrected chi connectivity index (χ3v) is 3.83. The number of nitrogens with one attached hydrogen (secondary N) is 1. The highest BCUT2D eigenvalue weighted by Gasteiger charge is 2.25. The first kappa shape index (κ1) is 13.4. The molecule has 0 aromatic carbocycles. The van der Waals surface area contributed by atoms with Gasteiger partial charge in [0.1, 0.15) is 9.84 Å². The van der Waals surface area contributed by atoms with E-state index in [0.717, 1.165) is 25.5 Å². The number of hydrogen-bond acceptors (Lipinski definition) is 4. The van der Waals surface area contributed by atoms with E-state index in [1.165, 1.54) is 0 Å². The average Bonchev–Trinajstić information content (AvgIpc) is 2.57. The van der Waals surface area contributed by atoms with Gasteiger partial charge in [-0.15, -0.1) is 0 Å². The monoisotopic (exact) mass is 249 g/mol. The van der Waals surface area contributed by atoms with E-state index in [0.29, 0.717) is 6.54 Å². The lowest BCUT2D eigenvalue weighted by molar-refractivity contribution is -0.121. The van der Waals surface area contributed by atoms with Crippen molar-refractivity contribution in [3.63, 3.8) is 0 Å². The van der Waals surface area contributed by atoms with Crippen LogP contribution < -0.4 is 5.32 Å². The Kier molecular flexibility index (Phi) is 4.73. The summed E-state index contributed by atoms with van der Waals surface area (Å²) in [6.45, 7) is 0.448. The van der Waals surface area contributed by atoms with Crippen LogP contribution in [0.5, 0.6) is 0 Å². The number of sulfone groups is 1. The van der Waals surface area contributed by atoms with Crippen molar-refractivity contribution >= 4 is 15.7 Å². The van der Waals surface area contributed by atoms with Crippen molar-refractivity contribution in [2.75, 3.05) is 18.6 Å². The van der Waals surface area contributed by atoms with Crippen molar-refractivity contribution in [1.82, 2.24) is 5.32 Å². The average molecular weight is 249 g/mol. The second-order valence-corrected chi connectivity index (χ2v) is 6.70. The van der Waals surface area contributed by atoms with Crippen molar-refractivity contribution in [3.8, 4) is 0 Å². The molecule has 0 bridgehead atoms. The molecule has 2 atom stereocenters. The lowest BCUT2D eigenvalue weighted by Gasteiger charge is -2.14. The first-order valence-corrected chi connectivity index (χ1v) is 7.57. The fourth-order valence-corrected chi connectivity index (χ4v) is 2.42. The largest absolute Gasteiger partial charge is 0.393 e. The number of hydrogen-bond donors (Lipinski definition) is 2. The highest BCUT2D eigenvalue weighted by Crippen LogP contribution is 2.24. The van der Waals surface area contributed by atoms with Gasteiger partial charge >= 0.3 is 0 Å². The normalized spacial score (nSPS) is 25.6. The summed E-state index contributed by atoms with van der Waals surface area (Å²) in [6.07, 6.45) is 3.50. The van der Waals surface area contributed by atoms with Crippen LogP contribution in [0.1, 0.15) is 25.7 Å². The van der Waals surface area contributed by atoms with Crippen molar-refractivity contribution in [2.45, 2.75) is 31.8 Å². The topological polar surface area (TPSA) is 83.5 Å². The van der Waals surface area contributed by atoms with Gasteiger partial charge in [-0.05, 0) is 12.8 Å². The standard InChI is InChI=1S/C10H19NO4S/c1-16(14,15)6-5-10(13)11-7-8-3-2-4-9(8)12/h8-9,12H,2-7H2,1H3,(H,11,13). The molecule has 94 valence electrons. The number of carbonyl (C=O) groups excluding carboxylic acids is 1. The Bertz CT molecular complexity index is 339. The minimum absolute atomic E-state index is 0.00164. The molecule has 2 unspecified atom stereocenters. The lowest BCUT2D eigenvalue weighted by Crippen LogP contribution is -2.33. The molecule has 0 aliphatic heterocycles. The molecule has 2 N–H and O–H groups in total. The summed E-state index contributed by atoms with van der Waals surface area (Å²) in [4.78, 5) is 11.3.